The van der Waals surface area contributed by atoms with Crippen LogP contribution in [0.5, 0.6) is 0 Å². The average Bonchev–Trinajstić information content (AvgIpc) is 2.83. The minimum atomic E-state index is -0.404. The molecular weight excluding hydrogens is 224 g/mol. The molecule has 1 saturated carbocycles. The van der Waals surface area contributed by atoms with Gasteiger partial charge in [0, 0.05) is 12.6 Å². The van der Waals surface area contributed by atoms with E-state index >= 15 is 0 Å². The van der Waals surface area contributed by atoms with Crippen LogP contribution in [-0.2, 0) is 0 Å². The molecule has 106 valence electrons. The molecule has 1 aliphatic heterocycles. The molecule has 1 saturated heterocycles. The largest absolute Gasteiger partial charge is 0.389 e. The van der Waals surface area contributed by atoms with Crippen molar-refractivity contribution in [3.8, 4) is 0 Å². The molecule has 2 fully saturated rings. The third kappa shape index (κ3) is 3.69. The number of rotatable bonds is 5. The van der Waals surface area contributed by atoms with Crippen LogP contribution in [0.4, 0.5) is 0 Å². The van der Waals surface area contributed by atoms with Gasteiger partial charge >= 0.3 is 0 Å². The molecule has 0 aromatic rings. The summed E-state index contributed by atoms with van der Waals surface area (Å²) in [6.45, 7) is 9.02. The van der Waals surface area contributed by atoms with Crippen molar-refractivity contribution < 1.29 is 5.11 Å². The van der Waals surface area contributed by atoms with Gasteiger partial charge in [0.05, 0.1) is 5.60 Å². The molecule has 1 unspecified atom stereocenters. The first-order chi connectivity index (χ1) is 8.63. The fourth-order valence-corrected chi connectivity index (χ4v) is 3.50. The molecular formula is C15H30N2O. The lowest BCUT2D eigenvalue weighted by atomic mass is 9.89. The molecule has 0 bridgehead atoms. The van der Waals surface area contributed by atoms with Gasteiger partial charge in [0.2, 0.25) is 0 Å². The van der Waals surface area contributed by atoms with Crippen LogP contribution in [0.25, 0.3) is 0 Å². The Kier molecular flexibility index (Phi) is 5.05. The van der Waals surface area contributed by atoms with Gasteiger partial charge in [0.1, 0.15) is 0 Å². The molecule has 0 spiro atoms. The molecule has 0 radical (unpaired) electrons. The predicted molar refractivity (Wildman–Crippen MR) is 75.7 cm³/mol. The molecule has 3 nitrogen and oxygen atoms in total. The van der Waals surface area contributed by atoms with E-state index in [0.29, 0.717) is 6.04 Å². The summed E-state index contributed by atoms with van der Waals surface area (Å²) in [5.41, 5.74) is -0.404. The van der Waals surface area contributed by atoms with E-state index in [1.54, 1.807) is 0 Å². The van der Waals surface area contributed by atoms with Gasteiger partial charge < -0.3 is 15.3 Å². The second-order valence-corrected chi connectivity index (χ2v) is 6.37. The van der Waals surface area contributed by atoms with E-state index in [1.165, 1.54) is 45.3 Å². The highest BCUT2D eigenvalue weighted by atomic mass is 16.3. The zero-order valence-electron chi connectivity index (χ0n) is 12.1. The first-order valence-electron chi connectivity index (χ1n) is 7.81. The summed E-state index contributed by atoms with van der Waals surface area (Å²) in [7, 11) is 0. The van der Waals surface area contributed by atoms with Gasteiger partial charge in [-0.1, -0.05) is 19.8 Å². The number of piperidine rings is 1. The number of nitrogens with one attached hydrogen (secondary N) is 1. The van der Waals surface area contributed by atoms with Crippen LogP contribution >= 0.6 is 0 Å². The van der Waals surface area contributed by atoms with Gasteiger partial charge in [0.25, 0.3) is 0 Å². The fraction of sp³-hybridized carbons (Fsp3) is 1.00. The SMILES string of the molecule is CCN1CCC(C(C)NCC2(O)CCCC2)CC1. The zero-order chi connectivity index (χ0) is 13.0. The third-order valence-electron chi connectivity index (χ3n) is 5.07. The molecule has 1 aliphatic carbocycles. The molecule has 2 rings (SSSR count). The van der Waals surface area contributed by atoms with E-state index in [-0.39, 0.29) is 0 Å². The van der Waals surface area contributed by atoms with E-state index in [9.17, 15) is 5.11 Å². The van der Waals surface area contributed by atoms with Crippen LogP contribution in [0, 0.1) is 5.92 Å². The minimum absolute atomic E-state index is 0.404. The standard InChI is InChI=1S/C15H30N2O/c1-3-17-10-6-14(7-11-17)13(2)16-12-15(18)8-4-5-9-15/h13-14,16,18H,3-12H2,1-2H3. The van der Waals surface area contributed by atoms with Crippen molar-refractivity contribution in [2.75, 3.05) is 26.2 Å². The normalized spacial score (nSPS) is 27.5. The van der Waals surface area contributed by atoms with Crippen LogP contribution < -0.4 is 5.32 Å². The number of nitrogens with zero attached hydrogens (tertiary/aromatic N) is 1. The second-order valence-electron chi connectivity index (χ2n) is 6.37. The Morgan fingerprint density at radius 3 is 2.44 bits per heavy atom. The first kappa shape index (κ1) is 14.3. The van der Waals surface area contributed by atoms with Crippen LogP contribution in [0.3, 0.4) is 0 Å². The van der Waals surface area contributed by atoms with E-state index in [2.05, 4.69) is 24.1 Å². The number of aliphatic hydroxyl groups is 1. The number of likely N-dealkylation sites (tertiary alicyclic amines) is 1. The van der Waals surface area contributed by atoms with E-state index in [0.717, 1.165) is 25.3 Å². The Balaban J connectivity index is 1.70. The Bertz CT molecular complexity index is 243. The molecule has 2 N–H and O–H groups in total. The highest BCUT2D eigenvalue weighted by Gasteiger charge is 2.32. The Morgan fingerprint density at radius 2 is 1.89 bits per heavy atom. The zero-order valence-corrected chi connectivity index (χ0v) is 12.1. The summed E-state index contributed by atoms with van der Waals surface area (Å²) in [5, 5.41) is 13.9. The Morgan fingerprint density at radius 1 is 1.28 bits per heavy atom. The maximum atomic E-state index is 10.3. The third-order valence-corrected chi connectivity index (χ3v) is 5.07. The van der Waals surface area contributed by atoms with E-state index in [4.69, 9.17) is 0 Å². The van der Waals surface area contributed by atoms with Crippen molar-refractivity contribution in [3.63, 3.8) is 0 Å². The van der Waals surface area contributed by atoms with Crippen LogP contribution in [0.2, 0.25) is 0 Å². The number of hydrogen-bond donors (Lipinski definition) is 2. The Labute approximate surface area is 112 Å². The molecule has 0 amide bonds. The summed E-state index contributed by atoms with van der Waals surface area (Å²) < 4.78 is 0. The van der Waals surface area contributed by atoms with Gasteiger partial charge in [-0.2, -0.15) is 0 Å². The predicted octanol–water partition coefficient (Wildman–Crippen LogP) is 2.00. The van der Waals surface area contributed by atoms with Crippen molar-refractivity contribution in [3.05, 3.63) is 0 Å². The second kappa shape index (κ2) is 6.36. The monoisotopic (exact) mass is 254 g/mol. The lowest BCUT2D eigenvalue weighted by molar-refractivity contribution is 0.0412. The van der Waals surface area contributed by atoms with Gasteiger partial charge in [-0.25, -0.2) is 0 Å². The Hall–Kier alpha value is -0.120. The summed E-state index contributed by atoms with van der Waals surface area (Å²) in [6.07, 6.45) is 6.98. The van der Waals surface area contributed by atoms with E-state index in [1.807, 2.05) is 0 Å². The van der Waals surface area contributed by atoms with Gasteiger partial charge in [0.15, 0.2) is 0 Å². The van der Waals surface area contributed by atoms with E-state index < -0.39 is 5.60 Å². The van der Waals surface area contributed by atoms with Crippen LogP contribution in [-0.4, -0.2) is 47.8 Å². The van der Waals surface area contributed by atoms with Gasteiger partial charge in [-0.05, 0) is 58.2 Å². The lowest BCUT2D eigenvalue weighted by Gasteiger charge is -2.35. The number of hydrogen-bond acceptors (Lipinski definition) is 3. The smallest absolute Gasteiger partial charge is 0.0771 e. The highest BCUT2D eigenvalue weighted by Crippen LogP contribution is 2.29. The van der Waals surface area contributed by atoms with Crippen molar-refractivity contribution in [1.82, 2.24) is 10.2 Å². The van der Waals surface area contributed by atoms with Gasteiger partial charge in [-0.3, -0.25) is 0 Å². The summed E-state index contributed by atoms with van der Waals surface area (Å²) in [6, 6.07) is 0.550. The quantitative estimate of drug-likeness (QED) is 0.788. The molecule has 2 aliphatic rings. The topological polar surface area (TPSA) is 35.5 Å². The molecule has 0 aromatic heterocycles. The highest BCUT2D eigenvalue weighted by molar-refractivity contribution is 4.88. The van der Waals surface area contributed by atoms with Crippen molar-refractivity contribution in [2.24, 2.45) is 5.92 Å². The van der Waals surface area contributed by atoms with Gasteiger partial charge in [-0.15, -0.1) is 0 Å². The maximum Gasteiger partial charge on any atom is 0.0771 e. The lowest BCUT2D eigenvalue weighted by Crippen LogP contribution is -2.47. The van der Waals surface area contributed by atoms with Crippen molar-refractivity contribution >= 4 is 0 Å². The molecule has 1 heterocycles. The fourth-order valence-electron chi connectivity index (χ4n) is 3.50. The summed E-state index contributed by atoms with van der Waals surface area (Å²) in [5.74, 6) is 0.790. The molecule has 3 heteroatoms. The van der Waals surface area contributed by atoms with Crippen molar-refractivity contribution in [1.29, 1.82) is 0 Å². The maximum absolute atomic E-state index is 10.3. The first-order valence-corrected chi connectivity index (χ1v) is 7.81. The summed E-state index contributed by atoms with van der Waals surface area (Å²) >= 11 is 0. The minimum Gasteiger partial charge on any atom is -0.389 e. The summed E-state index contributed by atoms with van der Waals surface area (Å²) in [4.78, 5) is 2.54. The molecule has 1 atom stereocenters. The molecule has 18 heavy (non-hydrogen) atoms. The average molecular weight is 254 g/mol. The van der Waals surface area contributed by atoms with Crippen LogP contribution in [0.15, 0.2) is 0 Å². The van der Waals surface area contributed by atoms with Crippen LogP contribution in [0.1, 0.15) is 52.4 Å². The molecule has 0 aromatic carbocycles. The van der Waals surface area contributed by atoms with Crippen molar-refractivity contribution in [2.45, 2.75) is 64.0 Å².